The molecule has 0 aromatic carbocycles. The summed E-state index contributed by atoms with van der Waals surface area (Å²) in [6.45, 7) is 2.33. The molecule has 2 rings (SSSR count). The fourth-order valence-electron chi connectivity index (χ4n) is 3.26. The van der Waals surface area contributed by atoms with Crippen molar-refractivity contribution in [3.63, 3.8) is 0 Å². The Morgan fingerprint density at radius 1 is 1.19 bits per heavy atom. The molecular formula is C13H25NOS. The first-order valence-corrected chi connectivity index (χ1v) is 7.39. The van der Waals surface area contributed by atoms with Crippen molar-refractivity contribution in [3.8, 4) is 0 Å². The largest absolute Gasteiger partial charge is 0.395 e. The van der Waals surface area contributed by atoms with Gasteiger partial charge in [-0.15, -0.1) is 0 Å². The molecule has 2 fully saturated rings. The topological polar surface area (TPSA) is 23.5 Å². The van der Waals surface area contributed by atoms with Gasteiger partial charge in [-0.1, -0.05) is 19.3 Å². The summed E-state index contributed by atoms with van der Waals surface area (Å²) < 4.78 is 0. The molecule has 0 atom stereocenters. The van der Waals surface area contributed by atoms with Gasteiger partial charge in [-0.05, 0) is 36.9 Å². The Bertz CT molecular complexity index is 206. The Labute approximate surface area is 105 Å². The van der Waals surface area contributed by atoms with Crippen molar-refractivity contribution in [1.82, 2.24) is 4.90 Å². The first-order chi connectivity index (χ1) is 7.79. The SMILES string of the molecule is OCCN(CC1(CS)CCC1)C1CCCC1. The van der Waals surface area contributed by atoms with Crippen LogP contribution in [0.1, 0.15) is 44.9 Å². The molecule has 0 amide bonds. The first kappa shape index (κ1) is 12.7. The van der Waals surface area contributed by atoms with E-state index in [1.807, 2.05) is 0 Å². The summed E-state index contributed by atoms with van der Waals surface area (Å²) in [5.74, 6) is 1.02. The van der Waals surface area contributed by atoms with E-state index in [1.54, 1.807) is 0 Å². The second-order valence-electron chi connectivity index (χ2n) is 5.64. The zero-order chi connectivity index (χ0) is 11.4. The molecule has 3 heteroatoms. The lowest BCUT2D eigenvalue weighted by Crippen LogP contribution is -2.48. The second kappa shape index (κ2) is 5.74. The van der Waals surface area contributed by atoms with Crippen molar-refractivity contribution in [3.05, 3.63) is 0 Å². The van der Waals surface area contributed by atoms with Gasteiger partial charge in [0.15, 0.2) is 0 Å². The quantitative estimate of drug-likeness (QED) is 0.700. The first-order valence-electron chi connectivity index (χ1n) is 6.75. The number of nitrogens with zero attached hydrogens (tertiary/aromatic N) is 1. The van der Waals surface area contributed by atoms with Crippen molar-refractivity contribution in [1.29, 1.82) is 0 Å². The molecule has 0 radical (unpaired) electrons. The van der Waals surface area contributed by atoms with Crippen LogP contribution in [0.15, 0.2) is 0 Å². The van der Waals surface area contributed by atoms with Crippen LogP contribution in [0.25, 0.3) is 0 Å². The van der Waals surface area contributed by atoms with Gasteiger partial charge in [-0.2, -0.15) is 12.6 Å². The van der Waals surface area contributed by atoms with E-state index in [0.717, 1.165) is 18.3 Å². The molecule has 94 valence electrons. The van der Waals surface area contributed by atoms with E-state index in [0.29, 0.717) is 12.0 Å². The van der Waals surface area contributed by atoms with Crippen LogP contribution < -0.4 is 0 Å². The minimum atomic E-state index is 0.305. The zero-order valence-electron chi connectivity index (χ0n) is 10.2. The van der Waals surface area contributed by atoms with Gasteiger partial charge in [0, 0.05) is 19.1 Å². The molecule has 16 heavy (non-hydrogen) atoms. The van der Waals surface area contributed by atoms with E-state index in [1.165, 1.54) is 51.5 Å². The molecular weight excluding hydrogens is 218 g/mol. The van der Waals surface area contributed by atoms with Crippen molar-refractivity contribution in [2.24, 2.45) is 5.41 Å². The van der Waals surface area contributed by atoms with Crippen molar-refractivity contribution < 1.29 is 5.11 Å². The summed E-state index contributed by atoms with van der Waals surface area (Å²) >= 11 is 4.53. The highest BCUT2D eigenvalue weighted by Crippen LogP contribution is 2.43. The fourth-order valence-corrected chi connectivity index (χ4v) is 3.68. The van der Waals surface area contributed by atoms with Gasteiger partial charge in [-0.3, -0.25) is 4.90 Å². The molecule has 0 unspecified atom stereocenters. The Morgan fingerprint density at radius 2 is 1.88 bits per heavy atom. The van der Waals surface area contributed by atoms with E-state index in [2.05, 4.69) is 17.5 Å². The average Bonchev–Trinajstić information content (AvgIpc) is 2.75. The summed E-state index contributed by atoms with van der Waals surface area (Å²) in [5.41, 5.74) is 0.473. The summed E-state index contributed by atoms with van der Waals surface area (Å²) in [4.78, 5) is 2.54. The summed E-state index contributed by atoms with van der Waals surface area (Å²) in [6.07, 6.45) is 9.47. The number of aliphatic hydroxyl groups excluding tert-OH is 1. The van der Waals surface area contributed by atoms with Gasteiger partial charge < -0.3 is 5.11 Å². The average molecular weight is 243 g/mol. The molecule has 0 aromatic rings. The Balaban J connectivity index is 1.90. The molecule has 2 aliphatic rings. The lowest BCUT2D eigenvalue weighted by molar-refractivity contribution is 0.0533. The summed E-state index contributed by atoms with van der Waals surface area (Å²) in [6, 6.07) is 0.740. The summed E-state index contributed by atoms with van der Waals surface area (Å²) in [5, 5.41) is 9.20. The van der Waals surface area contributed by atoms with Crippen molar-refractivity contribution in [2.45, 2.75) is 51.0 Å². The van der Waals surface area contributed by atoms with E-state index in [-0.39, 0.29) is 0 Å². The van der Waals surface area contributed by atoms with Crippen LogP contribution in [0.5, 0.6) is 0 Å². The van der Waals surface area contributed by atoms with Crippen LogP contribution in [0, 0.1) is 5.41 Å². The lowest BCUT2D eigenvalue weighted by atomic mass is 9.69. The third-order valence-corrected chi connectivity index (χ3v) is 5.19. The monoisotopic (exact) mass is 243 g/mol. The molecule has 0 spiro atoms. The van der Waals surface area contributed by atoms with Gasteiger partial charge in [0.05, 0.1) is 6.61 Å². The van der Waals surface area contributed by atoms with Crippen LogP contribution >= 0.6 is 12.6 Å². The van der Waals surface area contributed by atoms with E-state index >= 15 is 0 Å². The standard InChI is InChI=1S/C13H25NOS/c15-9-8-14(12-4-1-2-5-12)10-13(11-16)6-3-7-13/h12,15-16H,1-11H2. The van der Waals surface area contributed by atoms with E-state index in [4.69, 9.17) is 0 Å². The fraction of sp³-hybridized carbons (Fsp3) is 1.00. The van der Waals surface area contributed by atoms with Crippen LogP contribution in [0.2, 0.25) is 0 Å². The van der Waals surface area contributed by atoms with E-state index < -0.39 is 0 Å². The normalized spacial score (nSPS) is 24.9. The molecule has 2 nitrogen and oxygen atoms in total. The highest BCUT2D eigenvalue weighted by Gasteiger charge is 2.38. The number of thiol groups is 1. The zero-order valence-corrected chi connectivity index (χ0v) is 11.1. The molecule has 0 aliphatic heterocycles. The maximum absolute atomic E-state index is 9.20. The number of hydrogen-bond acceptors (Lipinski definition) is 3. The Morgan fingerprint density at radius 3 is 2.31 bits per heavy atom. The van der Waals surface area contributed by atoms with Crippen LogP contribution in [-0.2, 0) is 0 Å². The third kappa shape index (κ3) is 2.74. The smallest absolute Gasteiger partial charge is 0.0558 e. The second-order valence-corrected chi connectivity index (χ2v) is 5.96. The van der Waals surface area contributed by atoms with Crippen LogP contribution in [-0.4, -0.2) is 41.5 Å². The molecule has 0 bridgehead atoms. The van der Waals surface area contributed by atoms with Crippen molar-refractivity contribution >= 4 is 12.6 Å². The predicted octanol–water partition coefficient (Wildman–Crippen LogP) is 2.32. The van der Waals surface area contributed by atoms with E-state index in [9.17, 15) is 5.11 Å². The predicted molar refractivity (Wildman–Crippen MR) is 71.1 cm³/mol. The molecule has 2 saturated carbocycles. The number of rotatable bonds is 6. The van der Waals surface area contributed by atoms with Crippen LogP contribution in [0.3, 0.4) is 0 Å². The Kier molecular flexibility index (Phi) is 4.57. The van der Waals surface area contributed by atoms with Gasteiger partial charge in [0.25, 0.3) is 0 Å². The number of hydrogen-bond donors (Lipinski definition) is 2. The number of aliphatic hydroxyl groups is 1. The highest BCUT2D eigenvalue weighted by molar-refractivity contribution is 7.80. The molecule has 0 heterocycles. The summed E-state index contributed by atoms with van der Waals surface area (Å²) in [7, 11) is 0. The molecule has 0 aromatic heterocycles. The van der Waals surface area contributed by atoms with Gasteiger partial charge >= 0.3 is 0 Å². The maximum atomic E-state index is 9.20. The minimum absolute atomic E-state index is 0.305. The van der Waals surface area contributed by atoms with Gasteiger partial charge in [-0.25, -0.2) is 0 Å². The molecule has 2 aliphatic carbocycles. The third-order valence-electron chi connectivity index (χ3n) is 4.52. The highest BCUT2D eigenvalue weighted by atomic mass is 32.1. The van der Waals surface area contributed by atoms with Gasteiger partial charge in [0.2, 0.25) is 0 Å². The molecule has 0 saturated heterocycles. The maximum Gasteiger partial charge on any atom is 0.0558 e. The molecule has 1 N–H and O–H groups in total. The van der Waals surface area contributed by atoms with Gasteiger partial charge in [0.1, 0.15) is 0 Å². The van der Waals surface area contributed by atoms with Crippen LogP contribution in [0.4, 0.5) is 0 Å². The van der Waals surface area contributed by atoms with Crippen molar-refractivity contribution in [2.75, 3.05) is 25.4 Å². The minimum Gasteiger partial charge on any atom is -0.395 e. The lowest BCUT2D eigenvalue weighted by Gasteiger charge is -2.45. The Hall–Kier alpha value is 0.270.